The van der Waals surface area contributed by atoms with Crippen molar-refractivity contribution in [2.75, 3.05) is 0 Å². The minimum Gasteiger partial charge on any atom is -0.378 e. The van der Waals surface area contributed by atoms with Crippen LogP contribution >= 0.6 is 15.9 Å². The molecule has 0 saturated carbocycles. The Morgan fingerprint density at radius 1 is 0.966 bits per heavy atom. The van der Waals surface area contributed by atoms with E-state index in [1.54, 1.807) is 36.4 Å². The number of amides is 1. The molecule has 0 heterocycles. The standard InChI is InChI=1S/C21H17BrN2O4S/c22-18-11-5-7-13-20(18)29(26,27)28-19-12-6-4-10-17(19)15-23-24-21(25)14-16-8-2-1-3-9-16/h1-13,15H,14H2,(H,24,25). The van der Waals surface area contributed by atoms with E-state index in [1.165, 1.54) is 18.3 Å². The van der Waals surface area contributed by atoms with Gasteiger partial charge in [0.1, 0.15) is 4.90 Å². The van der Waals surface area contributed by atoms with E-state index in [0.29, 0.717) is 10.0 Å². The number of nitrogens with one attached hydrogen (secondary N) is 1. The number of carbonyl (C=O) groups excluding carboxylic acids is 1. The molecule has 0 radical (unpaired) electrons. The zero-order chi connectivity index (χ0) is 20.7. The number of carbonyl (C=O) groups is 1. The fourth-order valence-corrected chi connectivity index (χ4v) is 4.38. The summed E-state index contributed by atoms with van der Waals surface area (Å²) in [7, 11) is -4.04. The summed E-state index contributed by atoms with van der Waals surface area (Å²) in [4.78, 5) is 12.0. The first-order valence-corrected chi connectivity index (χ1v) is 10.8. The molecule has 0 fully saturated rings. The minimum atomic E-state index is -4.04. The summed E-state index contributed by atoms with van der Waals surface area (Å²) in [5.41, 5.74) is 3.70. The van der Waals surface area contributed by atoms with Gasteiger partial charge in [-0.05, 0) is 45.8 Å². The molecule has 0 aliphatic heterocycles. The second-order valence-corrected chi connectivity index (χ2v) is 8.33. The molecule has 0 saturated heterocycles. The van der Waals surface area contributed by atoms with E-state index < -0.39 is 10.1 Å². The molecule has 0 spiro atoms. The Kier molecular flexibility index (Phi) is 6.79. The molecule has 29 heavy (non-hydrogen) atoms. The highest BCUT2D eigenvalue weighted by Gasteiger charge is 2.20. The van der Waals surface area contributed by atoms with Gasteiger partial charge >= 0.3 is 10.1 Å². The van der Waals surface area contributed by atoms with E-state index in [2.05, 4.69) is 26.5 Å². The molecule has 6 nitrogen and oxygen atoms in total. The van der Waals surface area contributed by atoms with Gasteiger partial charge in [0.2, 0.25) is 5.91 Å². The van der Waals surface area contributed by atoms with E-state index in [-0.39, 0.29) is 23.0 Å². The lowest BCUT2D eigenvalue weighted by Crippen LogP contribution is -2.19. The van der Waals surface area contributed by atoms with Crippen LogP contribution in [0.25, 0.3) is 0 Å². The molecule has 0 aliphatic carbocycles. The lowest BCUT2D eigenvalue weighted by molar-refractivity contribution is -0.120. The van der Waals surface area contributed by atoms with E-state index in [4.69, 9.17) is 4.18 Å². The zero-order valence-corrected chi connectivity index (χ0v) is 17.6. The third-order valence-corrected chi connectivity index (χ3v) is 6.07. The molecule has 3 rings (SSSR count). The minimum absolute atomic E-state index is 0.0166. The number of para-hydroxylation sites is 1. The molecule has 8 heteroatoms. The Labute approximate surface area is 177 Å². The molecular formula is C21H17BrN2O4S. The smallest absolute Gasteiger partial charge is 0.340 e. The number of nitrogens with zero attached hydrogens (tertiary/aromatic N) is 1. The maximum atomic E-state index is 12.6. The molecule has 0 aromatic heterocycles. The van der Waals surface area contributed by atoms with E-state index >= 15 is 0 Å². The topological polar surface area (TPSA) is 84.8 Å². The highest BCUT2D eigenvalue weighted by Crippen LogP contribution is 2.26. The second kappa shape index (κ2) is 9.49. The number of rotatable bonds is 7. The zero-order valence-electron chi connectivity index (χ0n) is 15.2. The highest BCUT2D eigenvalue weighted by atomic mass is 79.9. The molecule has 0 atom stereocenters. The second-order valence-electron chi connectivity index (χ2n) is 5.96. The predicted octanol–water partition coefficient (Wildman–Crippen LogP) is 3.91. The van der Waals surface area contributed by atoms with Gasteiger partial charge in [-0.15, -0.1) is 0 Å². The normalized spacial score (nSPS) is 11.3. The monoisotopic (exact) mass is 472 g/mol. The molecule has 3 aromatic rings. The van der Waals surface area contributed by atoms with Gasteiger partial charge in [-0.3, -0.25) is 4.79 Å². The van der Waals surface area contributed by atoms with Crippen LogP contribution < -0.4 is 9.61 Å². The first-order chi connectivity index (χ1) is 14.0. The van der Waals surface area contributed by atoms with Crippen LogP contribution in [-0.4, -0.2) is 20.5 Å². The number of hydrazone groups is 1. The van der Waals surface area contributed by atoms with Crippen LogP contribution in [0, 0.1) is 0 Å². The van der Waals surface area contributed by atoms with Crippen molar-refractivity contribution < 1.29 is 17.4 Å². The van der Waals surface area contributed by atoms with E-state index in [0.717, 1.165) is 5.56 Å². The fraction of sp³-hybridized carbons (Fsp3) is 0.0476. The quantitative estimate of drug-likeness (QED) is 0.321. The summed E-state index contributed by atoms with van der Waals surface area (Å²) >= 11 is 3.22. The van der Waals surface area contributed by atoms with Crippen LogP contribution in [0.3, 0.4) is 0 Å². The Morgan fingerprint density at radius 2 is 1.62 bits per heavy atom. The fourth-order valence-electron chi connectivity index (χ4n) is 2.47. The highest BCUT2D eigenvalue weighted by molar-refractivity contribution is 9.10. The molecule has 0 unspecified atom stereocenters. The lowest BCUT2D eigenvalue weighted by Gasteiger charge is -2.10. The number of halogens is 1. The molecule has 1 N–H and O–H groups in total. The van der Waals surface area contributed by atoms with Gasteiger partial charge in [0, 0.05) is 10.0 Å². The van der Waals surface area contributed by atoms with Gasteiger partial charge in [0.25, 0.3) is 0 Å². The van der Waals surface area contributed by atoms with Crippen molar-refractivity contribution in [2.24, 2.45) is 5.10 Å². The SMILES string of the molecule is O=C(Cc1ccccc1)NN=Cc1ccccc1OS(=O)(=O)c1ccccc1Br. The van der Waals surface area contributed by atoms with Gasteiger partial charge < -0.3 is 4.18 Å². The first kappa shape index (κ1) is 20.8. The summed E-state index contributed by atoms with van der Waals surface area (Å²) in [6.07, 6.45) is 1.53. The van der Waals surface area contributed by atoms with Crippen molar-refractivity contribution in [3.8, 4) is 5.75 Å². The Balaban J connectivity index is 1.71. The van der Waals surface area contributed by atoms with Crippen LogP contribution in [0.4, 0.5) is 0 Å². The molecule has 1 amide bonds. The van der Waals surface area contributed by atoms with Crippen molar-refractivity contribution in [1.82, 2.24) is 5.43 Å². The molecule has 3 aromatic carbocycles. The molecule has 0 bridgehead atoms. The van der Waals surface area contributed by atoms with Crippen LogP contribution in [-0.2, 0) is 21.3 Å². The summed E-state index contributed by atoms with van der Waals surface area (Å²) < 4.78 is 30.9. The van der Waals surface area contributed by atoms with Crippen LogP contribution in [0.2, 0.25) is 0 Å². The Bertz CT molecular complexity index is 1130. The molecular weight excluding hydrogens is 456 g/mol. The third-order valence-electron chi connectivity index (χ3n) is 3.82. The van der Waals surface area contributed by atoms with Gasteiger partial charge in [-0.1, -0.05) is 54.6 Å². The Hall–Kier alpha value is -2.97. The van der Waals surface area contributed by atoms with Crippen molar-refractivity contribution in [3.05, 3.63) is 94.5 Å². The van der Waals surface area contributed by atoms with E-state index in [9.17, 15) is 13.2 Å². The number of hydrogen-bond donors (Lipinski definition) is 1. The summed E-state index contributed by atoms with van der Waals surface area (Å²) in [6, 6.07) is 22.2. The van der Waals surface area contributed by atoms with Crippen LogP contribution in [0.1, 0.15) is 11.1 Å². The predicted molar refractivity (Wildman–Crippen MR) is 114 cm³/mol. The largest absolute Gasteiger partial charge is 0.378 e. The van der Waals surface area contributed by atoms with Crippen LogP contribution in [0.15, 0.2) is 93.3 Å². The van der Waals surface area contributed by atoms with Crippen molar-refractivity contribution in [3.63, 3.8) is 0 Å². The van der Waals surface area contributed by atoms with E-state index in [1.807, 2.05) is 30.3 Å². The maximum absolute atomic E-state index is 12.6. The molecule has 148 valence electrons. The average Bonchev–Trinajstić information content (AvgIpc) is 2.70. The summed E-state index contributed by atoms with van der Waals surface area (Å²) in [5.74, 6) is -0.184. The van der Waals surface area contributed by atoms with Crippen molar-refractivity contribution >= 4 is 38.2 Å². The Morgan fingerprint density at radius 3 is 2.38 bits per heavy atom. The third kappa shape index (κ3) is 5.75. The summed E-state index contributed by atoms with van der Waals surface area (Å²) in [5, 5.41) is 3.91. The van der Waals surface area contributed by atoms with Crippen molar-refractivity contribution in [1.29, 1.82) is 0 Å². The molecule has 0 aliphatic rings. The van der Waals surface area contributed by atoms with Crippen molar-refractivity contribution in [2.45, 2.75) is 11.3 Å². The van der Waals surface area contributed by atoms with Gasteiger partial charge in [-0.25, -0.2) is 5.43 Å². The van der Waals surface area contributed by atoms with Crippen LogP contribution in [0.5, 0.6) is 5.75 Å². The summed E-state index contributed by atoms with van der Waals surface area (Å²) in [6.45, 7) is 0. The van der Waals surface area contributed by atoms with Gasteiger partial charge in [0.05, 0.1) is 12.6 Å². The lowest BCUT2D eigenvalue weighted by atomic mass is 10.1. The van der Waals surface area contributed by atoms with Gasteiger partial charge in [0.15, 0.2) is 5.75 Å². The number of hydrogen-bond acceptors (Lipinski definition) is 5. The van der Waals surface area contributed by atoms with Gasteiger partial charge in [-0.2, -0.15) is 13.5 Å². The maximum Gasteiger partial charge on any atom is 0.340 e. The first-order valence-electron chi connectivity index (χ1n) is 8.59. The average molecular weight is 473 g/mol. The number of benzene rings is 3.